The third-order valence-electron chi connectivity index (χ3n) is 3.81. The predicted molar refractivity (Wildman–Crippen MR) is 103 cm³/mol. The summed E-state index contributed by atoms with van der Waals surface area (Å²) in [6.07, 6.45) is -0.613. The van der Waals surface area contributed by atoms with Gasteiger partial charge in [-0.25, -0.2) is 4.98 Å². The normalized spacial score (nSPS) is 11.4. The van der Waals surface area contributed by atoms with Crippen LogP contribution < -0.4 is 10.6 Å². The molecular weight excluding hydrogens is 405 g/mol. The fourth-order valence-corrected chi connectivity index (χ4v) is 3.22. The number of nitrogens with zero attached hydrogens (tertiary/aromatic N) is 2. The van der Waals surface area contributed by atoms with Gasteiger partial charge < -0.3 is 15.0 Å². The lowest BCUT2D eigenvalue weighted by molar-refractivity contribution is -0.137. The van der Waals surface area contributed by atoms with Crippen molar-refractivity contribution in [3.63, 3.8) is 0 Å². The summed E-state index contributed by atoms with van der Waals surface area (Å²) in [4.78, 5) is 28.8. The number of pyridine rings is 1. The molecule has 6 nitrogen and oxygen atoms in total. The summed E-state index contributed by atoms with van der Waals surface area (Å²) in [6, 6.07) is 12.5. The molecular formula is C19H17F3N4O2S. The number of carbonyl (C=O) groups excluding carboxylic acids is 2. The summed E-state index contributed by atoms with van der Waals surface area (Å²) in [5, 5.41) is 3.98. The Morgan fingerprint density at radius 2 is 1.83 bits per heavy atom. The highest BCUT2D eigenvalue weighted by Crippen LogP contribution is 2.23. The molecule has 2 N–H and O–H groups in total. The molecule has 152 valence electrons. The molecule has 0 aliphatic rings. The third kappa shape index (κ3) is 6.24. The summed E-state index contributed by atoms with van der Waals surface area (Å²) >= 11 is 1.56. The van der Waals surface area contributed by atoms with E-state index in [4.69, 9.17) is 0 Å². The zero-order valence-electron chi connectivity index (χ0n) is 15.1. The highest BCUT2D eigenvalue weighted by molar-refractivity contribution is 7.98. The van der Waals surface area contributed by atoms with Gasteiger partial charge in [-0.3, -0.25) is 9.59 Å². The number of carbonyl (C=O) groups is 2. The fourth-order valence-electron chi connectivity index (χ4n) is 2.44. The van der Waals surface area contributed by atoms with Gasteiger partial charge in [0.1, 0.15) is 12.2 Å². The van der Waals surface area contributed by atoms with Crippen LogP contribution in [0.15, 0.2) is 59.8 Å². The van der Waals surface area contributed by atoms with Crippen molar-refractivity contribution in [1.82, 2.24) is 20.0 Å². The molecule has 0 spiro atoms. The Hall–Kier alpha value is -3.01. The van der Waals surface area contributed by atoms with Gasteiger partial charge >= 0.3 is 6.18 Å². The molecule has 0 unspecified atom stereocenters. The first-order valence-electron chi connectivity index (χ1n) is 8.57. The number of benzene rings is 1. The lowest BCUT2D eigenvalue weighted by Crippen LogP contribution is -2.40. The minimum atomic E-state index is -4.49. The summed E-state index contributed by atoms with van der Waals surface area (Å²) < 4.78 is 38.0. The molecule has 2 aromatic heterocycles. The van der Waals surface area contributed by atoms with Crippen molar-refractivity contribution in [2.75, 3.05) is 13.1 Å². The van der Waals surface area contributed by atoms with E-state index in [1.165, 1.54) is 0 Å². The van der Waals surface area contributed by atoms with Crippen LogP contribution in [0.5, 0.6) is 0 Å². The Morgan fingerprint density at radius 1 is 1.07 bits per heavy atom. The van der Waals surface area contributed by atoms with Gasteiger partial charge in [-0.2, -0.15) is 13.2 Å². The zero-order valence-corrected chi connectivity index (χ0v) is 15.9. The lowest BCUT2D eigenvalue weighted by atomic mass is 10.2. The molecule has 0 saturated heterocycles. The minimum Gasteiger partial charge on any atom is -0.345 e. The van der Waals surface area contributed by atoms with Crippen LogP contribution in [-0.4, -0.2) is 40.5 Å². The van der Waals surface area contributed by atoms with Crippen molar-refractivity contribution in [2.45, 2.75) is 16.8 Å². The smallest absolute Gasteiger partial charge is 0.345 e. The average Bonchev–Trinajstić information content (AvgIpc) is 3.12. The Balaban J connectivity index is 1.47. The largest absolute Gasteiger partial charge is 0.405 e. The number of hydrogen-bond acceptors (Lipinski definition) is 4. The van der Waals surface area contributed by atoms with E-state index in [0.717, 1.165) is 16.2 Å². The Bertz CT molecular complexity index is 970. The number of halogens is 3. The molecule has 0 aliphatic heterocycles. The Kier molecular flexibility index (Phi) is 6.42. The van der Waals surface area contributed by atoms with Crippen molar-refractivity contribution in [3.05, 3.63) is 66.1 Å². The number of fused-ring (bicyclic) bond motifs is 1. The van der Waals surface area contributed by atoms with Gasteiger partial charge in [0.15, 0.2) is 0 Å². The monoisotopic (exact) mass is 422 g/mol. The van der Waals surface area contributed by atoms with Crippen molar-refractivity contribution in [1.29, 1.82) is 0 Å². The van der Waals surface area contributed by atoms with Crippen molar-refractivity contribution < 1.29 is 22.8 Å². The number of rotatable bonds is 7. The van der Waals surface area contributed by atoms with Crippen molar-refractivity contribution >= 4 is 29.2 Å². The Labute approximate surface area is 168 Å². The first-order valence-corrected chi connectivity index (χ1v) is 9.56. The van der Waals surface area contributed by atoms with E-state index in [-0.39, 0.29) is 0 Å². The van der Waals surface area contributed by atoms with E-state index in [9.17, 15) is 22.8 Å². The molecule has 0 saturated carbocycles. The fraction of sp³-hybridized carbons (Fsp3) is 0.211. The summed E-state index contributed by atoms with van der Waals surface area (Å²) in [7, 11) is 0. The van der Waals surface area contributed by atoms with Crippen LogP contribution in [0, 0.1) is 0 Å². The van der Waals surface area contributed by atoms with Crippen LogP contribution in [0.1, 0.15) is 16.1 Å². The highest BCUT2D eigenvalue weighted by atomic mass is 32.2. The summed E-state index contributed by atoms with van der Waals surface area (Å²) in [5.74, 6) is -0.786. The van der Waals surface area contributed by atoms with Crippen LogP contribution in [0.2, 0.25) is 0 Å². The number of nitrogens with one attached hydrogen (secondary N) is 2. The first kappa shape index (κ1) is 20.7. The standard InChI is InChI=1S/C19H17F3N4O2S/c20-19(21,22)12-24-17(27)9-23-18(28)13-4-6-15(7-5-13)29-11-14-10-26-8-2-1-3-16(26)25-14/h1-8,10H,9,11-12H2,(H,23,28)(H,24,27). The maximum absolute atomic E-state index is 12.0. The maximum Gasteiger partial charge on any atom is 0.405 e. The third-order valence-corrected chi connectivity index (χ3v) is 4.86. The SMILES string of the molecule is O=C(CNC(=O)c1ccc(SCc2cn3ccccc3n2)cc1)NCC(F)(F)F. The molecule has 0 radical (unpaired) electrons. The molecule has 2 heterocycles. The molecule has 3 rings (SSSR count). The molecule has 29 heavy (non-hydrogen) atoms. The van der Waals surface area contributed by atoms with E-state index in [0.29, 0.717) is 11.3 Å². The second-order valence-corrected chi connectivity index (χ2v) is 7.13. The molecule has 0 atom stereocenters. The molecule has 0 fully saturated rings. The number of amides is 2. The molecule has 10 heteroatoms. The van der Waals surface area contributed by atoms with E-state index in [1.54, 1.807) is 41.3 Å². The van der Waals surface area contributed by atoms with Gasteiger partial charge in [0, 0.05) is 28.6 Å². The minimum absolute atomic E-state index is 0.311. The van der Waals surface area contributed by atoms with Gasteiger partial charge in [0.2, 0.25) is 5.91 Å². The number of thioether (sulfide) groups is 1. The van der Waals surface area contributed by atoms with E-state index in [1.807, 2.05) is 35.0 Å². The van der Waals surface area contributed by atoms with Crippen LogP contribution >= 0.6 is 11.8 Å². The number of imidazole rings is 1. The van der Waals surface area contributed by atoms with Gasteiger partial charge in [0.05, 0.1) is 12.2 Å². The predicted octanol–water partition coefficient (Wildman–Crippen LogP) is 3.03. The quantitative estimate of drug-likeness (QED) is 0.574. The molecule has 2 amide bonds. The second-order valence-electron chi connectivity index (χ2n) is 6.09. The van der Waals surface area contributed by atoms with Gasteiger partial charge in [-0.05, 0) is 36.4 Å². The Morgan fingerprint density at radius 3 is 2.52 bits per heavy atom. The average molecular weight is 422 g/mol. The van der Waals surface area contributed by atoms with Crippen LogP contribution in [0.4, 0.5) is 13.2 Å². The zero-order chi connectivity index (χ0) is 20.9. The number of aromatic nitrogens is 2. The van der Waals surface area contributed by atoms with Gasteiger partial charge in [-0.15, -0.1) is 11.8 Å². The highest BCUT2D eigenvalue weighted by Gasteiger charge is 2.27. The van der Waals surface area contributed by atoms with E-state index in [2.05, 4.69) is 10.3 Å². The summed E-state index contributed by atoms with van der Waals surface area (Å²) in [6.45, 7) is -1.96. The number of alkyl halides is 3. The van der Waals surface area contributed by atoms with E-state index < -0.39 is 31.1 Å². The van der Waals surface area contributed by atoms with Crippen molar-refractivity contribution in [2.24, 2.45) is 0 Å². The second kappa shape index (κ2) is 8.99. The molecule has 1 aromatic carbocycles. The van der Waals surface area contributed by atoms with Crippen LogP contribution in [0.3, 0.4) is 0 Å². The number of hydrogen-bond donors (Lipinski definition) is 2. The van der Waals surface area contributed by atoms with Crippen LogP contribution in [-0.2, 0) is 10.5 Å². The molecule has 0 aliphatic carbocycles. The van der Waals surface area contributed by atoms with Gasteiger partial charge in [0.25, 0.3) is 5.91 Å². The molecule has 0 bridgehead atoms. The van der Waals surface area contributed by atoms with E-state index >= 15 is 0 Å². The van der Waals surface area contributed by atoms with Crippen molar-refractivity contribution in [3.8, 4) is 0 Å². The van der Waals surface area contributed by atoms with Gasteiger partial charge in [-0.1, -0.05) is 6.07 Å². The summed E-state index contributed by atoms with van der Waals surface area (Å²) in [5.41, 5.74) is 2.10. The topological polar surface area (TPSA) is 75.5 Å². The molecule has 3 aromatic rings. The van der Waals surface area contributed by atoms with Crippen LogP contribution in [0.25, 0.3) is 5.65 Å². The first-order chi connectivity index (χ1) is 13.8. The maximum atomic E-state index is 12.0. The lowest BCUT2D eigenvalue weighted by Gasteiger charge is -2.09.